The highest BCUT2D eigenvalue weighted by Gasteiger charge is 2.25. The highest BCUT2D eigenvalue weighted by Crippen LogP contribution is 2.32. The van der Waals surface area contributed by atoms with Crippen molar-refractivity contribution in [3.05, 3.63) is 19.2 Å². The molecule has 0 N–H and O–H groups in total. The van der Waals surface area contributed by atoms with Crippen LogP contribution in [0.25, 0.3) is 0 Å². The van der Waals surface area contributed by atoms with E-state index in [0.717, 1.165) is 13.3 Å². The summed E-state index contributed by atoms with van der Waals surface area (Å²) in [4.78, 5) is 24.9. The number of amides is 1. The summed E-state index contributed by atoms with van der Waals surface area (Å²) in [6.45, 7) is 0.839. The van der Waals surface area contributed by atoms with Crippen LogP contribution in [0.3, 0.4) is 0 Å². The van der Waals surface area contributed by atoms with Gasteiger partial charge in [-0.3, -0.25) is 9.59 Å². The molecular weight excluding hydrogens is 378 g/mol. The number of Topliss-reactive ketones (excluding diaryl/α,β-unsaturated/α-hetero) is 1. The van der Waals surface area contributed by atoms with E-state index in [-0.39, 0.29) is 17.6 Å². The van der Waals surface area contributed by atoms with Gasteiger partial charge in [0.1, 0.15) is 0 Å². The maximum Gasteiger partial charge on any atom is 0.282 e. The lowest BCUT2D eigenvalue weighted by molar-refractivity contribution is 0.0956. The van der Waals surface area contributed by atoms with Crippen LogP contribution in [0.5, 0.6) is 0 Å². The molecule has 1 aromatic heterocycles. The first-order valence-electron chi connectivity index (χ1n) is 4.47. The molecule has 1 aliphatic heterocycles. The van der Waals surface area contributed by atoms with Gasteiger partial charge >= 0.3 is 0 Å². The normalized spacial score (nSPS) is 15.9. The second kappa shape index (κ2) is 5.20. The monoisotopic (exact) mass is 383 g/mol. The smallest absolute Gasteiger partial charge is 0.282 e. The average molecular weight is 385 g/mol. The molecular formula is C9H7Br2NO2S2. The van der Waals surface area contributed by atoms with E-state index in [9.17, 15) is 9.59 Å². The zero-order valence-electron chi connectivity index (χ0n) is 8.03. The Morgan fingerprint density at radius 3 is 2.75 bits per heavy atom. The van der Waals surface area contributed by atoms with Gasteiger partial charge in [0.2, 0.25) is 0 Å². The predicted octanol–water partition coefficient (Wildman–Crippen LogP) is 3.62. The molecule has 1 amide bonds. The van der Waals surface area contributed by atoms with Crippen LogP contribution in [0.2, 0.25) is 0 Å². The first-order valence-corrected chi connectivity index (χ1v) is 7.86. The molecule has 2 heterocycles. The molecule has 1 aliphatic rings. The van der Waals surface area contributed by atoms with Gasteiger partial charge in [-0.2, -0.15) is 0 Å². The maximum absolute atomic E-state index is 11.9. The molecule has 0 bridgehead atoms. The summed E-state index contributed by atoms with van der Waals surface area (Å²) in [6, 6.07) is 1.78. The topological polar surface area (TPSA) is 37.4 Å². The third kappa shape index (κ3) is 2.69. The number of hydrogen-bond acceptors (Lipinski definition) is 4. The number of halogens is 2. The van der Waals surface area contributed by atoms with Crippen LogP contribution in [0.4, 0.5) is 4.79 Å². The van der Waals surface area contributed by atoms with E-state index >= 15 is 0 Å². The lowest BCUT2D eigenvalue weighted by atomic mass is 10.2. The minimum absolute atomic E-state index is 0.00114. The zero-order chi connectivity index (χ0) is 11.7. The Morgan fingerprint density at radius 2 is 2.25 bits per heavy atom. The van der Waals surface area contributed by atoms with Crippen LogP contribution in [-0.4, -0.2) is 34.8 Å². The Hall–Kier alpha value is 0.150. The van der Waals surface area contributed by atoms with Crippen molar-refractivity contribution in [2.75, 3.05) is 18.8 Å². The largest absolute Gasteiger partial charge is 0.325 e. The zero-order valence-corrected chi connectivity index (χ0v) is 12.8. The van der Waals surface area contributed by atoms with Crippen molar-refractivity contribution in [3.63, 3.8) is 0 Å². The van der Waals surface area contributed by atoms with Crippen molar-refractivity contribution >= 4 is 66.0 Å². The van der Waals surface area contributed by atoms with Gasteiger partial charge in [0.15, 0.2) is 5.78 Å². The van der Waals surface area contributed by atoms with E-state index in [1.54, 1.807) is 11.0 Å². The summed E-state index contributed by atoms with van der Waals surface area (Å²) < 4.78 is 1.72. The SMILES string of the molecule is O=C(CN1CCSC1=O)c1cc(Br)sc1Br. The van der Waals surface area contributed by atoms with E-state index in [2.05, 4.69) is 31.9 Å². The number of ketones is 1. The van der Waals surface area contributed by atoms with E-state index in [0.29, 0.717) is 12.1 Å². The average Bonchev–Trinajstić information content (AvgIpc) is 2.74. The molecule has 0 aliphatic carbocycles. The van der Waals surface area contributed by atoms with Gasteiger partial charge in [-0.15, -0.1) is 11.3 Å². The number of rotatable bonds is 3. The summed E-state index contributed by atoms with van der Waals surface area (Å²) >= 11 is 9.40. The van der Waals surface area contributed by atoms with Gasteiger partial charge in [-0.05, 0) is 37.9 Å². The van der Waals surface area contributed by atoms with E-state index in [4.69, 9.17) is 0 Å². The van der Waals surface area contributed by atoms with Gasteiger partial charge in [0.25, 0.3) is 5.24 Å². The molecule has 0 atom stereocenters. The molecule has 0 radical (unpaired) electrons. The molecule has 86 valence electrons. The van der Waals surface area contributed by atoms with Crippen molar-refractivity contribution in [3.8, 4) is 0 Å². The van der Waals surface area contributed by atoms with Crippen LogP contribution >= 0.6 is 55.0 Å². The Bertz CT molecular complexity index is 447. The Morgan fingerprint density at radius 1 is 1.50 bits per heavy atom. The second-order valence-electron chi connectivity index (χ2n) is 3.20. The van der Waals surface area contributed by atoms with Crippen molar-refractivity contribution in [1.29, 1.82) is 0 Å². The Kier molecular flexibility index (Phi) is 4.10. The van der Waals surface area contributed by atoms with Gasteiger partial charge in [-0.25, -0.2) is 0 Å². The maximum atomic E-state index is 11.9. The van der Waals surface area contributed by atoms with Crippen LogP contribution < -0.4 is 0 Å². The van der Waals surface area contributed by atoms with Crippen molar-refractivity contribution in [2.24, 2.45) is 0 Å². The molecule has 0 saturated carbocycles. The lowest BCUT2D eigenvalue weighted by Crippen LogP contribution is -2.29. The highest BCUT2D eigenvalue weighted by atomic mass is 79.9. The number of thioether (sulfide) groups is 1. The first kappa shape index (κ1) is 12.6. The van der Waals surface area contributed by atoms with Crippen molar-refractivity contribution in [1.82, 2.24) is 4.90 Å². The number of nitrogens with zero attached hydrogens (tertiary/aromatic N) is 1. The highest BCUT2D eigenvalue weighted by molar-refractivity contribution is 9.12. The van der Waals surface area contributed by atoms with Crippen LogP contribution in [0, 0.1) is 0 Å². The quantitative estimate of drug-likeness (QED) is 0.746. The Labute approximate surface area is 118 Å². The molecule has 0 spiro atoms. The lowest BCUT2D eigenvalue weighted by Gasteiger charge is -2.12. The van der Waals surface area contributed by atoms with E-state index in [1.165, 1.54) is 23.1 Å². The molecule has 1 saturated heterocycles. The fourth-order valence-electron chi connectivity index (χ4n) is 1.36. The summed E-state index contributed by atoms with van der Waals surface area (Å²) in [7, 11) is 0. The molecule has 0 aromatic carbocycles. The van der Waals surface area contributed by atoms with Crippen molar-refractivity contribution < 1.29 is 9.59 Å². The fourth-order valence-corrected chi connectivity index (χ4v) is 5.04. The molecule has 2 rings (SSSR count). The number of carbonyl (C=O) groups excluding carboxylic acids is 2. The predicted molar refractivity (Wildman–Crippen MR) is 73.5 cm³/mol. The summed E-state index contributed by atoms with van der Waals surface area (Å²) in [6.07, 6.45) is 0. The standard InChI is InChI=1S/C9H7Br2NO2S2/c10-7-3-5(8(11)16-7)6(13)4-12-1-2-15-9(12)14/h3H,1-2,4H2. The first-order chi connectivity index (χ1) is 7.58. The van der Waals surface area contributed by atoms with Gasteiger partial charge < -0.3 is 4.90 Å². The van der Waals surface area contributed by atoms with Crippen LogP contribution in [0.15, 0.2) is 13.6 Å². The van der Waals surface area contributed by atoms with Crippen LogP contribution in [0.1, 0.15) is 10.4 Å². The summed E-state index contributed by atoms with van der Waals surface area (Å²) in [5.74, 6) is 0.755. The minimum Gasteiger partial charge on any atom is -0.325 e. The molecule has 1 fully saturated rings. The third-order valence-electron chi connectivity index (χ3n) is 2.14. The van der Waals surface area contributed by atoms with E-state index in [1.807, 2.05) is 0 Å². The number of hydrogen-bond donors (Lipinski definition) is 0. The number of thiophene rings is 1. The minimum atomic E-state index is -0.0234. The Balaban J connectivity index is 2.08. The van der Waals surface area contributed by atoms with Gasteiger partial charge in [-0.1, -0.05) is 11.8 Å². The van der Waals surface area contributed by atoms with Gasteiger partial charge in [0, 0.05) is 17.9 Å². The number of carbonyl (C=O) groups is 2. The molecule has 1 aromatic rings. The van der Waals surface area contributed by atoms with E-state index < -0.39 is 0 Å². The fraction of sp³-hybridized carbons (Fsp3) is 0.333. The summed E-state index contributed by atoms with van der Waals surface area (Å²) in [5, 5.41) is -0.00114. The second-order valence-corrected chi connectivity index (χ2v) is 7.99. The van der Waals surface area contributed by atoms with Gasteiger partial charge in [0.05, 0.1) is 14.1 Å². The molecule has 7 heteroatoms. The molecule has 16 heavy (non-hydrogen) atoms. The van der Waals surface area contributed by atoms with Crippen LogP contribution in [-0.2, 0) is 0 Å². The molecule has 0 unspecified atom stereocenters. The molecule has 3 nitrogen and oxygen atoms in total. The summed E-state index contributed by atoms with van der Waals surface area (Å²) in [5.41, 5.74) is 0.640. The third-order valence-corrected chi connectivity index (χ3v) is 5.37. The van der Waals surface area contributed by atoms with Crippen molar-refractivity contribution in [2.45, 2.75) is 0 Å².